The number of benzene rings is 1. The lowest BCUT2D eigenvalue weighted by molar-refractivity contribution is -0.384. The number of anilines is 1. The molecule has 0 aliphatic rings. The molecule has 0 bridgehead atoms. The average molecular weight is 237 g/mol. The minimum Gasteiger partial charge on any atom is -0.335 e. The van der Waals surface area contributed by atoms with Gasteiger partial charge in [-0.2, -0.15) is 0 Å². The van der Waals surface area contributed by atoms with Gasteiger partial charge < -0.3 is 10.6 Å². The lowest BCUT2D eigenvalue weighted by atomic mass is 10.2. The van der Waals surface area contributed by atoms with Crippen LogP contribution in [0.25, 0.3) is 0 Å². The Kier molecular flexibility index (Phi) is 4.45. The molecule has 0 radical (unpaired) electrons. The Labute approximate surface area is 99.2 Å². The first-order valence-electron chi connectivity index (χ1n) is 5.35. The van der Waals surface area contributed by atoms with E-state index < -0.39 is 4.92 Å². The standard InChI is InChI=1S/C11H15N3O3/c1-3-8(2)12-11(15)13-9-5-4-6-10(7-9)14(16)17/h4-8H,3H2,1-2H3,(H2,12,13,15)/t8-/m1/s1. The van der Waals surface area contributed by atoms with Crippen LogP contribution in [0.2, 0.25) is 0 Å². The molecule has 0 saturated carbocycles. The smallest absolute Gasteiger partial charge is 0.319 e. The van der Waals surface area contributed by atoms with Crippen LogP contribution in [0.1, 0.15) is 20.3 Å². The molecule has 1 aromatic rings. The van der Waals surface area contributed by atoms with E-state index in [-0.39, 0.29) is 17.8 Å². The summed E-state index contributed by atoms with van der Waals surface area (Å²) in [5.41, 5.74) is 0.353. The third kappa shape index (κ3) is 4.10. The number of hydrogen-bond donors (Lipinski definition) is 2. The van der Waals surface area contributed by atoms with E-state index in [1.807, 2.05) is 13.8 Å². The van der Waals surface area contributed by atoms with Crippen LogP contribution in [0.5, 0.6) is 0 Å². The molecule has 0 saturated heterocycles. The summed E-state index contributed by atoms with van der Waals surface area (Å²) in [4.78, 5) is 21.5. The van der Waals surface area contributed by atoms with Crippen molar-refractivity contribution in [1.29, 1.82) is 0 Å². The predicted molar refractivity (Wildman–Crippen MR) is 65.0 cm³/mol. The summed E-state index contributed by atoms with van der Waals surface area (Å²) < 4.78 is 0. The number of amides is 2. The normalized spacial score (nSPS) is 11.6. The molecule has 1 rings (SSSR count). The van der Waals surface area contributed by atoms with Crippen molar-refractivity contribution >= 4 is 17.4 Å². The molecule has 0 heterocycles. The van der Waals surface area contributed by atoms with Gasteiger partial charge in [-0.25, -0.2) is 4.79 Å². The number of nitro groups is 1. The highest BCUT2D eigenvalue weighted by atomic mass is 16.6. The second-order valence-corrected chi connectivity index (χ2v) is 3.72. The summed E-state index contributed by atoms with van der Waals surface area (Å²) in [6.45, 7) is 3.84. The zero-order valence-electron chi connectivity index (χ0n) is 9.77. The van der Waals surface area contributed by atoms with E-state index in [0.717, 1.165) is 6.42 Å². The maximum Gasteiger partial charge on any atom is 0.319 e. The zero-order chi connectivity index (χ0) is 12.8. The fourth-order valence-electron chi connectivity index (χ4n) is 1.19. The summed E-state index contributed by atoms with van der Waals surface area (Å²) in [6.07, 6.45) is 0.822. The van der Waals surface area contributed by atoms with Crippen LogP contribution >= 0.6 is 0 Å². The molecule has 2 amide bonds. The molecule has 0 spiro atoms. The largest absolute Gasteiger partial charge is 0.335 e. The predicted octanol–water partition coefficient (Wildman–Crippen LogP) is 2.51. The van der Waals surface area contributed by atoms with E-state index in [0.29, 0.717) is 5.69 Å². The number of nitrogens with one attached hydrogen (secondary N) is 2. The maximum absolute atomic E-state index is 11.5. The van der Waals surface area contributed by atoms with E-state index in [1.54, 1.807) is 6.07 Å². The van der Waals surface area contributed by atoms with Gasteiger partial charge >= 0.3 is 6.03 Å². The quantitative estimate of drug-likeness (QED) is 0.623. The number of carbonyl (C=O) groups excluding carboxylic acids is 1. The molecule has 6 heteroatoms. The van der Waals surface area contributed by atoms with Crippen molar-refractivity contribution in [3.05, 3.63) is 34.4 Å². The fraction of sp³-hybridized carbons (Fsp3) is 0.364. The molecule has 0 aliphatic carbocycles. The van der Waals surface area contributed by atoms with Gasteiger partial charge in [0.1, 0.15) is 0 Å². The molecule has 0 aromatic heterocycles. The van der Waals surface area contributed by atoms with Gasteiger partial charge in [-0.15, -0.1) is 0 Å². The number of nitro benzene ring substituents is 1. The highest BCUT2D eigenvalue weighted by Gasteiger charge is 2.09. The van der Waals surface area contributed by atoms with E-state index in [2.05, 4.69) is 10.6 Å². The summed E-state index contributed by atoms with van der Waals surface area (Å²) in [5, 5.41) is 15.8. The van der Waals surface area contributed by atoms with E-state index in [1.165, 1.54) is 18.2 Å². The Morgan fingerprint density at radius 2 is 2.24 bits per heavy atom. The molecule has 6 nitrogen and oxygen atoms in total. The molecule has 17 heavy (non-hydrogen) atoms. The summed E-state index contributed by atoms with van der Waals surface area (Å²) in [5.74, 6) is 0. The van der Waals surface area contributed by atoms with Crippen LogP contribution in [-0.2, 0) is 0 Å². The lowest BCUT2D eigenvalue weighted by Gasteiger charge is -2.12. The van der Waals surface area contributed by atoms with Gasteiger partial charge in [-0.3, -0.25) is 10.1 Å². The number of hydrogen-bond acceptors (Lipinski definition) is 3. The van der Waals surface area contributed by atoms with E-state index in [9.17, 15) is 14.9 Å². The second-order valence-electron chi connectivity index (χ2n) is 3.72. The fourth-order valence-corrected chi connectivity index (χ4v) is 1.19. The van der Waals surface area contributed by atoms with Crippen molar-refractivity contribution in [1.82, 2.24) is 5.32 Å². The first-order valence-corrected chi connectivity index (χ1v) is 5.35. The minimum atomic E-state index is -0.502. The van der Waals surface area contributed by atoms with Crippen molar-refractivity contribution in [2.24, 2.45) is 0 Å². The molecule has 1 atom stereocenters. The van der Waals surface area contributed by atoms with Crippen LogP contribution < -0.4 is 10.6 Å². The molecule has 0 fully saturated rings. The summed E-state index contributed by atoms with van der Waals surface area (Å²) in [7, 11) is 0. The number of non-ortho nitro benzene ring substituents is 1. The lowest BCUT2D eigenvalue weighted by Crippen LogP contribution is -2.35. The van der Waals surface area contributed by atoms with Gasteiger partial charge in [-0.05, 0) is 19.4 Å². The topological polar surface area (TPSA) is 84.3 Å². The van der Waals surface area contributed by atoms with E-state index in [4.69, 9.17) is 0 Å². The van der Waals surface area contributed by atoms with Crippen LogP contribution in [0.3, 0.4) is 0 Å². The van der Waals surface area contributed by atoms with Crippen molar-refractivity contribution in [2.45, 2.75) is 26.3 Å². The van der Waals surface area contributed by atoms with Gasteiger partial charge in [0.15, 0.2) is 0 Å². The van der Waals surface area contributed by atoms with Crippen LogP contribution in [0.4, 0.5) is 16.2 Å². The highest BCUT2D eigenvalue weighted by molar-refractivity contribution is 5.89. The SMILES string of the molecule is CC[C@@H](C)NC(=O)Nc1cccc([N+](=O)[O-])c1. The molecule has 92 valence electrons. The first-order chi connectivity index (χ1) is 8.02. The van der Waals surface area contributed by atoms with Crippen LogP contribution in [0, 0.1) is 10.1 Å². The van der Waals surface area contributed by atoms with Crippen LogP contribution in [-0.4, -0.2) is 17.0 Å². The Morgan fingerprint density at radius 1 is 1.53 bits per heavy atom. The van der Waals surface area contributed by atoms with Crippen molar-refractivity contribution in [2.75, 3.05) is 5.32 Å². The van der Waals surface area contributed by atoms with Crippen molar-refractivity contribution in [3.8, 4) is 0 Å². The van der Waals surface area contributed by atoms with Crippen LogP contribution in [0.15, 0.2) is 24.3 Å². The number of carbonyl (C=O) groups is 1. The monoisotopic (exact) mass is 237 g/mol. The van der Waals surface area contributed by atoms with Gasteiger partial charge in [0, 0.05) is 23.9 Å². The van der Waals surface area contributed by atoms with Gasteiger partial charge in [0.25, 0.3) is 5.69 Å². The van der Waals surface area contributed by atoms with Gasteiger partial charge in [0.05, 0.1) is 4.92 Å². The zero-order valence-corrected chi connectivity index (χ0v) is 9.77. The number of nitrogens with zero attached hydrogens (tertiary/aromatic N) is 1. The Bertz CT molecular complexity index is 420. The Morgan fingerprint density at radius 3 is 2.82 bits per heavy atom. The first kappa shape index (κ1) is 13.0. The van der Waals surface area contributed by atoms with E-state index >= 15 is 0 Å². The summed E-state index contributed by atoms with van der Waals surface area (Å²) in [6, 6.07) is 5.52. The minimum absolute atomic E-state index is 0.0497. The maximum atomic E-state index is 11.5. The number of rotatable bonds is 4. The second kappa shape index (κ2) is 5.83. The number of urea groups is 1. The van der Waals surface area contributed by atoms with Crippen molar-refractivity contribution in [3.63, 3.8) is 0 Å². The summed E-state index contributed by atoms with van der Waals surface area (Å²) >= 11 is 0. The molecule has 0 unspecified atom stereocenters. The van der Waals surface area contributed by atoms with Crippen molar-refractivity contribution < 1.29 is 9.72 Å². The third-order valence-corrected chi connectivity index (χ3v) is 2.30. The molecule has 1 aromatic carbocycles. The Hall–Kier alpha value is -2.11. The van der Waals surface area contributed by atoms with Gasteiger partial charge in [-0.1, -0.05) is 13.0 Å². The highest BCUT2D eigenvalue weighted by Crippen LogP contribution is 2.16. The molecular formula is C11H15N3O3. The Balaban J connectivity index is 2.65. The molecule has 0 aliphatic heterocycles. The van der Waals surface area contributed by atoms with Gasteiger partial charge in [0.2, 0.25) is 0 Å². The molecule has 2 N–H and O–H groups in total. The molecular weight excluding hydrogens is 222 g/mol. The average Bonchev–Trinajstić information content (AvgIpc) is 2.28. The third-order valence-electron chi connectivity index (χ3n) is 2.30.